The summed E-state index contributed by atoms with van der Waals surface area (Å²) in [6, 6.07) is 13.2. The molecule has 0 heterocycles. The van der Waals surface area contributed by atoms with Crippen molar-refractivity contribution in [3.63, 3.8) is 0 Å². The highest BCUT2D eigenvalue weighted by atomic mass is 35.5. The number of benzene rings is 2. The third kappa shape index (κ3) is 5.73. The molecule has 0 fully saturated rings. The molecule has 2 N–H and O–H groups in total. The van der Waals surface area contributed by atoms with Crippen molar-refractivity contribution in [2.75, 3.05) is 31.9 Å². The Hall–Kier alpha value is -1.55. The minimum Gasteiger partial charge on any atom is -0.398 e. The highest BCUT2D eigenvalue weighted by Crippen LogP contribution is 2.25. The third-order valence-corrected chi connectivity index (χ3v) is 4.73. The van der Waals surface area contributed by atoms with Crippen LogP contribution in [-0.4, -0.2) is 36.8 Å². The number of nitrogen functional groups attached to an aromatic ring is 1. The van der Waals surface area contributed by atoms with Crippen LogP contribution in [0.4, 0.5) is 5.69 Å². The lowest BCUT2D eigenvalue weighted by atomic mass is 10.0. The molecule has 5 heteroatoms. The SMILES string of the molecule is CCCN(CCC)CCN=C(c1cc(Cl)ccc1N)c1ccccc1Cl. The first-order valence-corrected chi connectivity index (χ1v) is 9.89. The fraction of sp³-hybridized carbons (Fsp3) is 0.381. The van der Waals surface area contributed by atoms with Gasteiger partial charge in [-0.05, 0) is 50.2 Å². The van der Waals surface area contributed by atoms with Crippen LogP contribution in [0.2, 0.25) is 10.0 Å². The first-order chi connectivity index (χ1) is 12.6. The summed E-state index contributed by atoms with van der Waals surface area (Å²) in [6.07, 6.45) is 2.28. The van der Waals surface area contributed by atoms with E-state index in [9.17, 15) is 0 Å². The van der Waals surface area contributed by atoms with Gasteiger partial charge in [0.1, 0.15) is 0 Å². The molecule has 3 nitrogen and oxygen atoms in total. The van der Waals surface area contributed by atoms with E-state index in [1.807, 2.05) is 36.4 Å². The summed E-state index contributed by atoms with van der Waals surface area (Å²) in [7, 11) is 0. The lowest BCUT2D eigenvalue weighted by Gasteiger charge is -2.20. The van der Waals surface area contributed by atoms with Crippen molar-refractivity contribution in [1.82, 2.24) is 4.90 Å². The molecule has 0 bridgehead atoms. The molecule has 2 aromatic carbocycles. The van der Waals surface area contributed by atoms with Gasteiger partial charge in [-0.2, -0.15) is 0 Å². The van der Waals surface area contributed by atoms with Gasteiger partial charge in [0.25, 0.3) is 0 Å². The first kappa shape index (κ1) is 20.8. The zero-order valence-corrected chi connectivity index (χ0v) is 17.0. The van der Waals surface area contributed by atoms with Crippen LogP contribution >= 0.6 is 23.2 Å². The van der Waals surface area contributed by atoms with Crippen LogP contribution in [0, 0.1) is 0 Å². The Labute approximate surface area is 166 Å². The predicted octanol–water partition coefficient (Wildman–Crippen LogP) is 5.54. The standard InChI is InChI=1S/C21H27Cl2N3/c1-3-12-26(13-4-2)14-11-25-21(17-7-5-6-8-19(17)23)18-15-16(22)9-10-20(18)24/h5-10,15H,3-4,11-14,24H2,1-2H3. The fourth-order valence-corrected chi connectivity index (χ4v) is 3.37. The average Bonchev–Trinajstić information content (AvgIpc) is 2.62. The van der Waals surface area contributed by atoms with E-state index in [0.717, 1.165) is 49.3 Å². The molecule has 0 spiro atoms. The van der Waals surface area contributed by atoms with Crippen molar-refractivity contribution in [3.05, 3.63) is 63.6 Å². The molecule has 26 heavy (non-hydrogen) atoms. The summed E-state index contributed by atoms with van der Waals surface area (Å²) in [5.41, 5.74) is 9.35. The second-order valence-corrected chi connectivity index (χ2v) is 7.13. The molecule has 140 valence electrons. The fourth-order valence-electron chi connectivity index (χ4n) is 2.97. The molecule has 0 radical (unpaired) electrons. The van der Waals surface area contributed by atoms with Gasteiger partial charge < -0.3 is 10.6 Å². The Morgan fingerprint density at radius 3 is 2.31 bits per heavy atom. The molecule has 0 saturated heterocycles. The maximum Gasteiger partial charge on any atom is 0.0755 e. The first-order valence-electron chi connectivity index (χ1n) is 9.13. The summed E-state index contributed by atoms with van der Waals surface area (Å²) in [5, 5.41) is 1.29. The van der Waals surface area contributed by atoms with Gasteiger partial charge in [-0.25, -0.2) is 0 Å². The third-order valence-electron chi connectivity index (χ3n) is 4.17. The van der Waals surface area contributed by atoms with Crippen LogP contribution in [0.15, 0.2) is 47.5 Å². The largest absolute Gasteiger partial charge is 0.398 e. The van der Waals surface area contributed by atoms with Crippen molar-refractivity contribution in [1.29, 1.82) is 0 Å². The van der Waals surface area contributed by atoms with Crippen LogP contribution in [0.1, 0.15) is 37.8 Å². The molecule has 0 saturated carbocycles. The van der Waals surface area contributed by atoms with Crippen molar-refractivity contribution in [3.8, 4) is 0 Å². The number of hydrogen-bond acceptors (Lipinski definition) is 3. The van der Waals surface area contributed by atoms with Gasteiger partial charge in [-0.1, -0.05) is 55.2 Å². The number of rotatable bonds is 9. The number of nitrogens with two attached hydrogens (primary N) is 1. The monoisotopic (exact) mass is 391 g/mol. The van der Waals surface area contributed by atoms with Crippen molar-refractivity contribution in [2.45, 2.75) is 26.7 Å². The van der Waals surface area contributed by atoms with Gasteiger partial charge in [0, 0.05) is 33.4 Å². The van der Waals surface area contributed by atoms with Gasteiger partial charge in [-0.15, -0.1) is 0 Å². The van der Waals surface area contributed by atoms with Crippen LogP contribution < -0.4 is 5.73 Å². The van der Waals surface area contributed by atoms with E-state index in [4.69, 9.17) is 33.9 Å². The molecule has 0 unspecified atom stereocenters. The van der Waals surface area contributed by atoms with E-state index in [2.05, 4.69) is 18.7 Å². The molecule has 2 aromatic rings. The zero-order chi connectivity index (χ0) is 18.9. The van der Waals surface area contributed by atoms with Crippen molar-refractivity contribution in [2.24, 2.45) is 4.99 Å². The Morgan fingerprint density at radius 2 is 1.65 bits per heavy atom. The van der Waals surface area contributed by atoms with E-state index in [1.165, 1.54) is 0 Å². The normalized spacial score (nSPS) is 12.0. The van der Waals surface area contributed by atoms with Crippen LogP contribution in [-0.2, 0) is 0 Å². The minimum absolute atomic E-state index is 0.632. The quantitative estimate of drug-likeness (QED) is 0.450. The predicted molar refractivity (Wildman–Crippen MR) is 115 cm³/mol. The van der Waals surface area contributed by atoms with Gasteiger partial charge >= 0.3 is 0 Å². The molecule has 2 rings (SSSR count). The Balaban J connectivity index is 2.35. The maximum atomic E-state index is 6.44. The molecule has 0 amide bonds. The summed E-state index contributed by atoms with van der Waals surface area (Å²) in [6.45, 7) is 8.18. The van der Waals surface area contributed by atoms with Gasteiger partial charge in [0.15, 0.2) is 0 Å². The Bertz CT molecular complexity index is 738. The van der Waals surface area contributed by atoms with Gasteiger partial charge in [-0.3, -0.25) is 4.99 Å². The molecular formula is C21H27Cl2N3. The topological polar surface area (TPSA) is 41.6 Å². The second-order valence-electron chi connectivity index (χ2n) is 6.28. The zero-order valence-electron chi connectivity index (χ0n) is 15.5. The Kier molecular flexibility index (Phi) is 8.43. The van der Waals surface area contributed by atoms with E-state index in [0.29, 0.717) is 22.3 Å². The Morgan fingerprint density at radius 1 is 0.962 bits per heavy atom. The van der Waals surface area contributed by atoms with Crippen LogP contribution in [0.25, 0.3) is 0 Å². The minimum atomic E-state index is 0.632. The lowest BCUT2D eigenvalue weighted by Crippen LogP contribution is -2.28. The number of halogens is 2. The number of nitrogens with zero attached hydrogens (tertiary/aromatic N) is 2. The van der Waals surface area contributed by atoms with E-state index >= 15 is 0 Å². The van der Waals surface area contributed by atoms with Gasteiger partial charge in [0.2, 0.25) is 0 Å². The molecule has 0 aliphatic heterocycles. The number of anilines is 1. The summed E-state index contributed by atoms with van der Waals surface area (Å²) in [4.78, 5) is 7.32. The number of hydrogen-bond donors (Lipinski definition) is 1. The second kappa shape index (κ2) is 10.6. The highest BCUT2D eigenvalue weighted by Gasteiger charge is 2.14. The van der Waals surface area contributed by atoms with E-state index in [1.54, 1.807) is 6.07 Å². The summed E-state index contributed by atoms with van der Waals surface area (Å²) in [5.74, 6) is 0. The van der Waals surface area contributed by atoms with E-state index in [-0.39, 0.29) is 0 Å². The number of aliphatic imine (C=N–C) groups is 1. The molecular weight excluding hydrogens is 365 g/mol. The molecule has 0 atom stereocenters. The lowest BCUT2D eigenvalue weighted by molar-refractivity contribution is 0.283. The summed E-state index contributed by atoms with van der Waals surface area (Å²) < 4.78 is 0. The van der Waals surface area contributed by atoms with Gasteiger partial charge in [0.05, 0.1) is 12.3 Å². The van der Waals surface area contributed by atoms with Crippen molar-refractivity contribution >= 4 is 34.6 Å². The van der Waals surface area contributed by atoms with E-state index < -0.39 is 0 Å². The summed E-state index contributed by atoms with van der Waals surface area (Å²) >= 11 is 12.6. The van der Waals surface area contributed by atoms with Crippen LogP contribution in [0.3, 0.4) is 0 Å². The maximum absolute atomic E-state index is 6.44. The highest BCUT2D eigenvalue weighted by molar-refractivity contribution is 6.36. The smallest absolute Gasteiger partial charge is 0.0755 e. The van der Waals surface area contributed by atoms with Crippen molar-refractivity contribution < 1.29 is 0 Å². The van der Waals surface area contributed by atoms with Crippen LogP contribution in [0.5, 0.6) is 0 Å². The molecule has 0 aromatic heterocycles. The molecule has 0 aliphatic rings. The molecule has 0 aliphatic carbocycles. The average molecular weight is 392 g/mol.